The summed E-state index contributed by atoms with van der Waals surface area (Å²) in [6.45, 7) is 1.93. The number of nitrogens with zero attached hydrogens (tertiary/aromatic N) is 1. The monoisotopic (exact) mass is 299 g/mol. The Labute approximate surface area is 119 Å². The van der Waals surface area contributed by atoms with Gasteiger partial charge in [0, 0.05) is 47.7 Å². The first-order chi connectivity index (χ1) is 9.36. The standard InChI is InChI=1S/C12H17N3O4S/c1-8(20(3)19)7-14-12(16)10-6-9(13-2)4-5-11(10)15(17)18/h4-6,8,13H,7H2,1-3H3,(H,14,16). The molecule has 2 unspecified atom stereocenters. The molecule has 0 radical (unpaired) electrons. The van der Waals surface area contributed by atoms with E-state index in [1.165, 1.54) is 18.2 Å². The Hall–Kier alpha value is -1.96. The summed E-state index contributed by atoms with van der Waals surface area (Å²) >= 11 is 0. The van der Waals surface area contributed by atoms with Crippen molar-refractivity contribution in [2.24, 2.45) is 0 Å². The SMILES string of the molecule is CNc1ccc([N+](=O)[O-])c(C(=O)NCC(C)S(C)=O)c1. The van der Waals surface area contributed by atoms with Gasteiger partial charge in [0.1, 0.15) is 5.56 Å². The van der Waals surface area contributed by atoms with Crippen LogP contribution in [0.5, 0.6) is 0 Å². The second-order valence-electron chi connectivity index (χ2n) is 4.26. The average Bonchev–Trinajstić information content (AvgIpc) is 2.43. The summed E-state index contributed by atoms with van der Waals surface area (Å²) in [6, 6.07) is 4.22. The van der Waals surface area contributed by atoms with Crippen LogP contribution in [0, 0.1) is 10.1 Å². The van der Waals surface area contributed by atoms with E-state index in [-0.39, 0.29) is 23.0 Å². The number of anilines is 1. The number of hydrogen-bond donors (Lipinski definition) is 2. The van der Waals surface area contributed by atoms with Gasteiger partial charge >= 0.3 is 0 Å². The molecule has 0 aliphatic rings. The Morgan fingerprint density at radius 1 is 1.50 bits per heavy atom. The summed E-state index contributed by atoms with van der Waals surface area (Å²) in [4.78, 5) is 22.4. The molecule has 0 saturated carbocycles. The molecular weight excluding hydrogens is 282 g/mol. The van der Waals surface area contributed by atoms with Crippen molar-refractivity contribution in [3.8, 4) is 0 Å². The van der Waals surface area contributed by atoms with Crippen LogP contribution in [0.15, 0.2) is 18.2 Å². The van der Waals surface area contributed by atoms with Crippen LogP contribution in [-0.2, 0) is 10.8 Å². The summed E-state index contributed by atoms with van der Waals surface area (Å²) in [5.74, 6) is -0.550. The minimum Gasteiger partial charge on any atom is -0.388 e. The molecule has 20 heavy (non-hydrogen) atoms. The molecule has 0 bridgehead atoms. The van der Waals surface area contributed by atoms with E-state index in [2.05, 4.69) is 10.6 Å². The predicted molar refractivity (Wildman–Crippen MR) is 78.5 cm³/mol. The minimum atomic E-state index is -1.06. The lowest BCUT2D eigenvalue weighted by Crippen LogP contribution is -2.32. The third-order valence-corrected chi connectivity index (χ3v) is 4.14. The van der Waals surface area contributed by atoms with Gasteiger partial charge in [0.15, 0.2) is 0 Å². The van der Waals surface area contributed by atoms with E-state index < -0.39 is 21.6 Å². The second-order valence-corrected chi connectivity index (χ2v) is 6.06. The van der Waals surface area contributed by atoms with Crippen LogP contribution in [0.4, 0.5) is 11.4 Å². The van der Waals surface area contributed by atoms with Crippen LogP contribution in [0.1, 0.15) is 17.3 Å². The number of carbonyl (C=O) groups is 1. The highest BCUT2D eigenvalue weighted by atomic mass is 32.2. The van der Waals surface area contributed by atoms with Crippen molar-refractivity contribution in [3.05, 3.63) is 33.9 Å². The molecule has 2 N–H and O–H groups in total. The summed E-state index contributed by atoms with van der Waals surface area (Å²) in [6.07, 6.45) is 1.54. The van der Waals surface area contributed by atoms with E-state index in [9.17, 15) is 19.1 Å². The Kier molecular flexibility index (Phi) is 5.63. The minimum absolute atomic E-state index is 0.0177. The van der Waals surface area contributed by atoms with E-state index in [4.69, 9.17) is 0 Å². The molecule has 0 spiro atoms. The summed E-state index contributed by atoms with van der Waals surface area (Å²) in [5, 5.41) is 16.1. The Morgan fingerprint density at radius 2 is 2.15 bits per heavy atom. The number of nitro groups is 1. The molecule has 7 nitrogen and oxygen atoms in total. The second kappa shape index (κ2) is 6.99. The summed E-state index contributed by atoms with van der Waals surface area (Å²) in [7, 11) is 0.594. The van der Waals surface area contributed by atoms with Gasteiger partial charge in [0.25, 0.3) is 11.6 Å². The lowest BCUT2D eigenvalue weighted by Gasteiger charge is -2.11. The number of nitrogens with one attached hydrogen (secondary N) is 2. The smallest absolute Gasteiger partial charge is 0.282 e. The summed E-state index contributed by atoms with van der Waals surface area (Å²) < 4.78 is 11.2. The number of carbonyl (C=O) groups excluding carboxylic acids is 1. The first-order valence-electron chi connectivity index (χ1n) is 5.93. The Bertz CT molecular complexity index is 548. The van der Waals surface area contributed by atoms with Gasteiger partial charge in [0.2, 0.25) is 0 Å². The van der Waals surface area contributed by atoms with Gasteiger partial charge in [0.05, 0.1) is 4.92 Å². The maximum Gasteiger partial charge on any atom is 0.282 e. The van der Waals surface area contributed by atoms with Crippen molar-refractivity contribution < 1.29 is 13.9 Å². The zero-order chi connectivity index (χ0) is 15.3. The molecule has 0 aliphatic carbocycles. The molecule has 0 fully saturated rings. The number of nitro benzene ring substituents is 1. The molecule has 0 aliphatic heterocycles. The predicted octanol–water partition coefficient (Wildman–Crippen LogP) is 1.13. The molecular formula is C12H17N3O4S. The Morgan fingerprint density at radius 3 is 2.65 bits per heavy atom. The maximum absolute atomic E-state index is 12.0. The molecule has 0 heterocycles. The van der Waals surface area contributed by atoms with Crippen LogP contribution in [0.2, 0.25) is 0 Å². The molecule has 0 aromatic heterocycles. The van der Waals surface area contributed by atoms with Gasteiger partial charge in [-0.05, 0) is 19.1 Å². The van der Waals surface area contributed by atoms with E-state index in [0.29, 0.717) is 5.69 Å². The molecule has 8 heteroatoms. The molecule has 2 atom stereocenters. The van der Waals surface area contributed by atoms with Gasteiger partial charge in [-0.3, -0.25) is 19.1 Å². The number of hydrogen-bond acceptors (Lipinski definition) is 5. The van der Waals surface area contributed by atoms with Crippen molar-refractivity contribution >= 4 is 28.1 Å². The van der Waals surface area contributed by atoms with Gasteiger partial charge in [-0.15, -0.1) is 0 Å². The highest BCUT2D eigenvalue weighted by Gasteiger charge is 2.21. The molecule has 1 aromatic rings. The zero-order valence-electron chi connectivity index (χ0n) is 11.5. The lowest BCUT2D eigenvalue weighted by atomic mass is 10.1. The largest absolute Gasteiger partial charge is 0.388 e. The fraction of sp³-hybridized carbons (Fsp3) is 0.417. The first kappa shape index (κ1) is 16.1. The van der Waals surface area contributed by atoms with Crippen molar-refractivity contribution in [1.29, 1.82) is 0 Å². The Balaban J connectivity index is 2.95. The third kappa shape index (κ3) is 4.02. The number of benzene rings is 1. The van der Waals surface area contributed by atoms with Crippen molar-refractivity contribution in [3.63, 3.8) is 0 Å². The van der Waals surface area contributed by atoms with E-state index in [0.717, 1.165) is 0 Å². The fourth-order valence-corrected chi connectivity index (χ4v) is 1.80. The molecule has 110 valence electrons. The molecule has 1 amide bonds. The van der Waals surface area contributed by atoms with Gasteiger partial charge in [-0.1, -0.05) is 0 Å². The topological polar surface area (TPSA) is 101 Å². The normalized spacial score (nSPS) is 13.3. The highest BCUT2D eigenvalue weighted by Crippen LogP contribution is 2.22. The summed E-state index contributed by atoms with van der Waals surface area (Å²) in [5.41, 5.74) is 0.329. The number of rotatable bonds is 6. The lowest BCUT2D eigenvalue weighted by molar-refractivity contribution is -0.385. The van der Waals surface area contributed by atoms with Crippen LogP contribution in [0.25, 0.3) is 0 Å². The quantitative estimate of drug-likeness (QED) is 0.605. The first-order valence-corrected chi connectivity index (χ1v) is 7.55. The molecule has 0 saturated heterocycles. The van der Waals surface area contributed by atoms with Crippen molar-refractivity contribution in [2.75, 3.05) is 25.2 Å². The van der Waals surface area contributed by atoms with E-state index in [1.807, 2.05) is 0 Å². The van der Waals surface area contributed by atoms with Crippen molar-refractivity contribution in [2.45, 2.75) is 12.2 Å². The maximum atomic E-state index is 12.0. The average molecular weight is 299 g/mol. The highest BCUT2D eigenvalue weighted by molar-refractivity contribution is 7.84. The van der Waals surface area contributed by atoms with Gasteiger partial charge in [-0.25, -0.2) is 0 Å². The van der Waals surface area contributed by atoms with E-state index in [1.54, 1.807) is 20.2 Å². The van der Waals surface area contributed by atoms with Crippen LogP contribution in [-0.4, -0.2) is 40.1 Å². The van der Waals surface area contributed by atoms with E-state index >= 15 is 0 Å². The zero-order valence-corrected chi connectivity index (χ0v) is 12.3. The van der Waals surface area contributed by atoms with Crippen LogP contribution < -0.4 is 10.6 Å². The van der Waals surface area contributed by atoms with Crippen molar-refractivity contribution in [1.82, 2.24) is 5.32 Å². The molecule has 1 rings (SSSR count). The van der Waals surface area contributed by atoms with Crippen LogP contribution in [0.3, 0.4) is 0 Å². The van der Waals surface area contributed by atoms with Gasteiger partial charge < -0.3 is 10.6 Å². The fourth-order valence-electron chi connectivity index (χ4n) is 1.48. The third-order valence-electron chi connectivity index (χ3n) is 2.84. The number of amides is 1. The van der Waals surface area contributed by atoms with Gasteiger partial charge in [-0.2, -0.15) is 0 Å². The molecule has 1 aromatic carbocycles. The van der Waals surface area contributed by atoms with Crippen LogP contribution >= 0.6 is 0 Å².